The third kappa shape index (κ3) is 3.79. The summed E-state index contributed by atoms with van der Waals surface area (Å²) in [5.41, 5.74) is -1.21. The fourth-order valence-electron chi connectivity index (χ4n) is 3.86. The van der Waals surface area contributed by atoms with Crippen molar-refractivity contribution in [3.8, 4) is 0 Å². The van der Waals surface area contributed by atoms with E-state index < -0.39 is 43.0 Å². The maximum atomic E-state index is 11.4. The molecule has 3 atom stereocenters. The van der Waals surface area contributed by atoms with Gasteiger partial charge in [0.25, 0.3) is 0 Å². The molecule has 0 bridgehead atoms. The van der Waals surface area contributed by atoms with Crippen LogP contribution in [-0.2, 0) is 23.8 Å². The summed E-state index contributed by atoms with van der Waals surface area (Å²) in [4.78, 5) is 23.2. The van der Waals surface area contributed by atoms with Gasteiger partial charge < -0.3 is 38.9 Å². The number of allylic oxidation sites excluding steroid dienone is 1. The molecule has 140 valence electrons. The van der Waals surface area contributed by atoms with E-state index in [4.69, 9.17) is 14.2 Å². The Hall–Kier alpha value is -0.320. The van der Waals surface area contributed by atoms with E-state index in [2.05, 4.69) is 0 Å². The molecule has 2 heterocycles. The van der Waals surface area contributed by atoms with Crippen LogP contribution in [0.3, 0.4) is 0 Å². The standard InChI is InChI=1S/C17H23NO7.Na/c1-12(8-19)7-18(11-22)15-13-14(16(9-20,10-21)25-15)24-17(23-13)5-3-2-4-6-17;/h7,13-15,20-21H,2-6,9-10H2,1H3;/q-2;+1/b12-7-;/t13?,14-,15-;/m1./s1. The SMILES string of the molecule is C/C([C-]=O)=C/N([C-]=O)[C@@H]1OC(CO)(CO)[C@@H]2OC3(CCCCC3)OC12.[Na+]. The molecule has 2 N–H and O–H groups in total. The number of carbonyl (C=O) groups excluding carboxylic acids is 2. The van der Waals surface area contributed by atoms with Crippen LogP contribution < -0.4 is 29.6 Å². The van der Waals surface area contributed by atoms with E-state index in [1.54, 1.807) is 12.7 Å². The summed E-state index contributed by atoms with van der Waals surface area (Å²) in [5.74, 6) is -0.782. The summed E-state index contributed by atoms with van der Waals surface area (Å²) in [5, 5.41) is 19.7. The van der Waals surface area contributed by atoms with Crippen molar-refractivity contribution in [1.29, 1.82) is 0 Å². The predicted octanol–water partition coefficient (Wildman–Crippen LogP) is -3.10. The van der Waals surface area contributed by atoms with Crippen LogP contribution in [0, 0.1) is 0 Å². The number of nitrogens with zero attached hydrogens (tertiary/aromatic N) is 1. The molecule has 0 radical (unpaired) electrons. The van der Waals surface area contributed by atoms with Crippen molar-refractivity contribution in [1.82, 2.24) is 4.90 Å². The number of aliphatic hydroxyl groups is 2. The summed E-state index contributed by atoms with van der Waals surface area (Å²) in [6, 6.07) is 0. The Kier molecular flexibility index (Phi) is 7.43. The summed E-state index contributed by atoms with van der Waals surface area (Å²) in [7, 11) is 0. The van der Waals surface area contributed by atoms with Crippen LogP contribution >= 0.6 is 0 Å². The van der Waals surface area contributed by atoms with Gasteiger partial charge in [0.2, 0.25) is 0 Å². The van der Waals surface area contributed by atoms with Crippen molar-refractivity contribution in [2.24, 2.45) is 0 Å². The molecule has 1 spiro atoms. The first kappa shape index (κ1) is 22.0. The summed E-state index contributed by atoms with van der Waals surface area (Å²) in [6.45, 7) is 0.509. The third-order valence-corrected chi connectivity index (χ3v) is 5.17. The summed E-state index contributed by atoms with van der Waals surface area (Å²) >= 11 is 0. The van der Waals surface area contributed by atoms with Crippen LogP contribution in [0.4, 0.5) is 0 Å². The van der Waals surface area contributed by atoms with Gasteiger partial charge in [-0.25, -0.2) is 0 Å². The molecule has 9 heteroatoms. The maximum absolute atomic E-state index is 11.4. The molecule has 0 aromatic rings. The van der Waals surface area contributed by atoms with Crippen molar-refractivity contribution >= 4 is 12.7 Å². The van der Waals surface area contributed by atoms with Gasteiger partial charge in [-0.05, 0) is 19.1 Å². The summed E-state index contributed by atoms with van der Waals surface area (Å²) < 4.78 is 18.1. The van der Waals surface area contributed by atoms with E-state index in [1.807, 2.05) is 0 Å². The van der Waals surface area contributed by atoms with Crippen LogP contribution in [0.25, 0.3) is 0 Å². The Labute approximate surface area is 174 Å². The number of amides is 1. The zero-order valence-electron chi connectivity index (χ0n) is 15.1. The second-order valence-electron chi connectivity index (χ2n) is 6.89. The zero-order valence-corrected chi connectivity index (χ0v) is 17.1. The van der Waals surface area contributed by atoms with Crippen LogP contribution in [0.5, 0.6) is 0 Å². The molecule has 3 fully saturated rings. The molecular weight excluding hydrogens is 353 g/mol. The largest absolute Gasteiger partial charge is 1.00 e. The van der Waals surface area contributed by atoms with Crippen molar-refractivity contribution in [2.75, 3.05) is 13.2 Å². The minimum atomic E-state index is -1.39. The minimum absolute atomic E-state index is 0. The van der Waals surface area contributed by atoms with Crippen LogP contribution in [-0.4, -0.2) is 70.8 Å². The molecule has 2 saturated heterocycles. The van der Waals surface area contributed by atoms with Gasteiger partial charge in [-0.2, -0.15) is 11.8 Å². The Morgan fingerprint density at radius 3 is 2.35 bits per heavy atom. The fraction of sp³-hybridized carbons (Fsp3) is 0.765. The maximum Gasteiger partial charge on any atom is 1.00 e. The Morgan fingerprint density at radius 2 is 1.81 bits per heavy atom. The van der Waals surface area contributed by atoms with E-state index >= 15 is 0 Å². The molecule has 1 aliphatic carbocycles. The number of hydrogen-bond acceptors (Lipinski definition) is 7. The van der Waals surface area contributed by atoms with E-state index in [1.165, 1.54) is 13.1 Å². The van der Waals surface area contributed by atoms with E-state index in [9.17, 15) is 19.8 Å². The molecular formula is C17H23NNaO7-. The summed E-state index contributed by atoms with van der Waals surface area (Å²) in [6.07, 6.45) is 6.68. The topological polar surface area (TPSA) is 106 Å². The predicted molar refractivity (Wildman–Crippen MR) is 84.3 cm³/mol. The van der Waals surface area contributed by atoms with Crippen LogP contribution in [0.1, 0.15) is 39.0 Å². The minimum Gasteiger partial charge on any atom is -0.458 e. The normalized spacial score (nSPS) is 32.0. The Bertz CT molecular complexity index is 545. The van der Waals surface area contributed by atoms with Crippen LogP contribution in [0.15, 0.2) is 11.8 Å². The molecule has 3 rings (SSSR count). The van der Waals surface area contributed by atoms with Gasteiger partial charge in [0.1, 0.15) is 24.0 Å². The van der Waals surface area contributed by atoms with Crippen molar-refractivity contribution in [3.05, 3.63) is 11.8 Å². The first-order chi connectivity index (χ1) is 12.0. The number of ether oxygens (including phenoxy) is 3. The quantitative estimate of drug-likeness (QED) is 0.219. The monoisotopic (exact) mass is 376 g/mol. The van der Waals surface area contributed by atoms with Gasteiger partial charge in [-0.15, -0.1) is 0 Å². The van der Waals surface area contributed by atoms with Crippen molar-refractivity contribution in [3.63, 3.8) is 0 Å². The molecule has 8 nitrogen and oxygen atoms in total. The molecule has 0 aromatic heterocycles. The van der Waals surface area contributed by atoms with E-state index in [0.29, 0.717) is 12.8 Å². The van der Waals surface area contributed by atoms with Gasteiger partial charge in [-0.1, -0.05) is 13.3 Å². The zero-order chi connectivity index (χ0) is 18.1. The molecule has 1 unspecified atom stereocenters. The molecule has 3 aliphatic rings. The average molecular weight is 376 g/mol. The average Bonchev–Trinajstić information content (AvgIpc) is 3.14. The third-order valence-electron chi connectivity index (χ3n) is 5.17. The first-order valence-corrected chi connectivity index (χ1v) is 8.51. The molecule has 2 aliphatic heterocycles. The second-order valence-corrected chi connectivity index (χ2v) is 6.89. The number of rotatable bonds is 6. The van der Waals surface area contributed by atoms with Crippen molar-refractivity contribution < 1.29 is 63.6 Å². The van der Waals surface area contributed by atoms with Gasteiger partial charge in [0.05, 0.1) is 19.6 Å². The van der Waals surface area contributed by atoms with Gasteiger partial charge in [0, 0.05) is 12.8 Å². The number of hydrogen-bond donors (Lipinski definition) is 2. The molecule has 1 amide bonds. The number of aliphatic hydroxyl groups excluding tert-OH is 2. The van der Waals surface area contributed by atoms with Gasteiger partial charge in [-0.3, -0.25) is 0 Å². The number of fused-ring (bicyclic) bond motifs is 1. The first-order valence-electron chi connectivity index (χ1n) is 8.51. The van der Waals surface area contributed by atoms with Crippen molar-refractivity contribution in [2.45, 2.75) is 68.9 Å². The van der Waals surface area contributed by atoms with Gasteiger partial charge in [0.15, 0.2) is 5.79 Å². The van der Waals surface area contributed by atoms with E-state index in [-0.39, 0.29) is 35.1 Å². The van der Waals surface area contributed by atoms with E-state index in [0.717, 1.165) is 24.2 Å². The van der Waals surface area contributed by atoms with Gasteiger partial charge >= 0.3 is 29.6 Å². The molecule has 26 heavy (non-hydrogen) atoms. The smallest absolute Gasteiger partial charge is 0.458 e. The fourth-order valence-corrected chi connectivity index (χ4v) is 3.86. The van der Waals surface area contributed by atoms with Crippen LogP contribution in [0.2, 0.25) is 0 Å². The Morgan fingerprint density at radius 1 is 1.15 bits per heavy atom. The molecule has 0 aromatic carbocycles. The molecule has 1 saturated carbocycles. The Balaban J connectivity index is 0.00000243. The second kappa shape index (κ2) is 8.79.